The van der Waals surface area contributed by atoms with E-state index in [2.05, 4.69) is 20.8 Å². The van der Waals surface area contributed by atoms with Gasteiger partial charge in [0.05, 0.1) is 23.1 Å². The number of hydrogen-bond donors (Lipinski definition) is 0. The zero-order valence-corrected chi connectivity index (χ0v) is 18.8. The van der Waals surface area contributed by atoms with Gasteiger partial charge in [0.1, 0.15) is 6.10 Å². The van der Waals surface area contributed by atoms with Gasteiger partial charge in [0.25, 0.3) is 0 Å². The second-order valence-corrected chi connectivity index (χ2v) is 10.7. The maximum atomic E-state index is 13.0. The van der Waals surface area contributed by atoms with E-state index in [1.807, 2.05) is 0 Å². The second-order valence-electron chi connectivity index (χ2n) is 10.7. The van der Waals surface area contributed by atoms with Crippen LogP contribution < -0.4 is 4.90 Å². The van der Waals surface area contributed by atoms with Gasteiger partial charge < -0.3 is 4.74 Å². The summed E-state index contributed by atoms with van der Waals surface area (Å²) >= 11 is 0. The molecule has 5 nitrogen and oxygen atoms in total. The number of amides is 2. The minimum absolute atomic E-state index is 0.0477. The van der Waals surface area contributed by atoms with Crippen LogP contribution in [0.4, 0.5) is 5.69 Å². The number of carbonyl (C=O) groups excluding carboxylic acids is 3. The Morgan fingerprint density at radius 3 is 2.13 bits per heavy atom. The molecule has 0 N–H and O–H groups in total. The lowest BCUT2D eigenvalue weighted by Gasteiger charge is -2.36. The molecule has 1 aromatic carbocycles. The van der Waals surface area contributed by atoms with Gasteiger partial charge in [0.15, 0.2) is 0 Å². The molecule has 1 aromatic rings. The van der Waals surface area contributed by atoms with Crippen molar-refractivity contribution in [3.8, 4) is 0 Å². The van der Waals surface area contributed by atoms with E-state index in [1.165, 1.54) is 11.3 Å². The maximum absolute atomic E-state index is 13.0. The summed E-state index contributed by atoms with van der Waals surface area (Å²) < 4.78 is 5.94. The van der Waals surface area contributed by atoms with Crippen LogP contribution in [0.25, 0.3) is 0 Å². The number of hydrogen-bond acceptors (Lipinski definition) is 4. The van der Waals surface area contributed by atoms with Gasteiger partial charge in [-0.2, -0.15) is 0 Å². The van der Waals surface area contributed by atoms with Crippen LogP contribution >= 0.6 is 0 Å². The SMILES string of the molecule is CC(C)[C@H]1CC[C@@H](C)C[C@@H]1OC(=O)c1ccc(N2C(=O)[C@@H]3[C@H]4CC[C@@H](C4)[C@@H]3C2=O)cc1. The average molecular weight is 424 g/mol. The maximum Gasteiger partial charge on any atom is 0.338 e. The van der Waals surface area contributed by atoms with Crippen molar-refractivity contribution in [2.75, 3.05) is 4.90 Å². The lowest BCUT2D eigenvalue weighted by molar-refractivity contribution is -0.123. The minimum Gasteiger partial charge on any atom is -0.458 e. The highest BCUT2D eigenvalue weighted by Crippen LogP contribution is 2.56. The number of carbonyl (C=O) groups is 3. The fourth-order valence-corrected chi connectivity index (χ4v) is 6.87. The van der Waals surface area contributed by atoms with Gasteiger partial charge in [-0.15, -0.1) is 0 Å². The number of anilines is 1. The molecule has 31 heavy (non-hydrogen) atoms. The molecule has 2 amide bonds. The molecule has 0 spiro atoms. The number of ether oxygens (including phenoxy) is 1. The summed E-state index contributed by atoms with van der Waals surface area (Å²) in [4.78, 5) is 40.2. The zero-order chi connectivity index (χ0) is 21.9. The van der Waals surface area contributed by atoms with Crippen molar-refractivity contribution in [2.24, 2.45) is 41.4 Å². The highest BCUT2D eigenvalue weighted by atomic mass is 16.5. The monoisotopic (exact) mass is 423 g/mol. The summed E-state index contributed by atoms with van der Waals surface area (Å²) in [6.45, 7) is 6.61. The Morgan fingerprint density at radius 2 is 1.55 bits per heavy atom. The van der Waals surface area contributed by atoms with E-state index in [9.17, 15) is 14.4 Å². The topological polar surface area (TPSA) is 63.7 Å². The Balaban J connectivity index is 1.29. The summed E-state index contributed by atoms with van der Waals surface area (Å²) in [5, 5.41) is 0. The van der Waals surface area contributed by atoms with Crippen molar-refractivity contribution in [2.45, 2.75) is 65.4 Å². The third-order valence-corrected chi connectivity index (χ3v) is 8.51. The Labute approximate surface area is 184 Å². The fraction of sp³-hybridized carbons (Fsp3) is 0.654. The lowest BCUT2D eigenvalue weighted by atomic mass is 9.75. The molecule has 0 aromatic heterocycles. The summed E-state index contributed by atoms with van der Waals surface area (Å²) in [6, 6.07) is 6.83. The summed E-state index contributed by atoms with van der Waals surface area (Å²) in [5.41, 5.74) is 1.05. The summed E-state index contributed by atoms with van der Waals surface area (Å²) in [7, 11) is 0. The Hall–Kier alpha value is -2.17. The van der Waals surface area contributed by atoms with E-state index in [-0.39, 0.29) is 35.7 Å². The third kappa shape index (κ3) is 3.41. The molecule has 1 heterocycles. The van der Waals surface area contributed by atoms with Crippen molar-refractivity contribution in [1.29, 1.82) is 0 Å². The van der Waals surface area contributed by atoms with Gasteiger partial charge in [-0.1, -0.05) is 27.2 Å². The Bertz CT molecular complexity index is 863. The number of fused-ring (bicyclic) bond motifs is 5. The van der Waals surface area contributed by atoms with Crippen LogP contribution in [-0.2, 0) is 14.3 Å². The molecule has 4 aliphatic rings. The first-order valence-corrected chi connectivity index (χ1v) is 12.0. The molecule has 1 aliphatic heterocycles. The van der Waals surface area contributed by atoms with E-state index in [4.69, 9.17) is 4.74 Å². The molecule has 3 saturated carbocycles. The Morgan fingerprint density at radius 1 is 0.935 bits per heavy atom. The van der Waals surface area contributed by atoms with Crippen LogP contribution in [-0.4, -0.2) is 23.9 Å². The van der Waals surface area contributed by atoms with Crippen LogP contribution in [0.15, 0.2) is 24.3 Å². The molecular weight excluding hydrogens is 390 g/mol. The van der Waals surface area contributed by atoms with Crippen LogP contribution in [0.2, 0.25) is 0 Å². The first kappa shape index (κ1) is 20.7. The zero-order valence-electron chi connectivity index (χ0n) is 18.8. The average Bonchev–Trinajstić information content (AvgIpc) is 3.42. The highest BCUT2D eigenvalue weighted by Gasteiger charge is 2.61. The molecular formula is C26H33NO4. The largest absolute Gasteiger partial charge is 0.458 e. The number of imide groups is 1. The molecule has 2 bridgehead atoms. The van der Waals surface area contributed by atoms with Crippen molar-refractivity contribution < 1.29 is 19.1 Å². The molecule has 5 heteroatoms. The van der Waals surface area contributed by atoms with Gasteiger partial charge in [-0.05, 0) is 86.0 Å². The molecule has 1 saturated heterocycles. The molecule has 3 aliphatic carbocycles. The smallest absolute Gasteiger partial charge is 0.338 e. The van der Waals surface area contributed by atoms with Crippen LogP contribution in [0.1, 0.15) is 69.7 Å². The minimum atomic E-state index is -0.315. The van der Waals surface area contributed by atoms with Gasteiger partial charge in [0, 0.05) is 0 Å². The van der Waals surface area contributed by atoms with Gasteiger partial charge in [-0.25, -0.2) is 4.79 Å². The van der Waals surface area contributed by atoms with Gasteiger partial charge in [0.2, 0.25) is 11.8 Å². The normalized spacial score (nSPS) is 36.9. The van der Waals surface area contributed by atoms with Crippen molar-refractivity contribution in [1.82, 2.24) is 0 Å². The van der Waals surface area contributed by atoms with E-state index in [1.54, 1.807) is 24.3 Å². The van der Waals surface area contributed by atoms with Crippen LogP contribution in [0.3, 0.4) is 0 Å². The third-order valence-electron chi connectivity index (χ3n) is 8.51. The number of nitrogens with zero attached hydrogens (tertiary/aromatic N) is 1. The highest BCUT2D eigenvalue weighted by molar-refractivity contribution is 6.22. The standard InChI is InChI=1S/C26H33NO4/c1-14(2)20-11-4-15(3)12-21(20)31-26(30)16-7-9-19(10-8-16)27-24(28)22-17-5-6-18(13-17)23(22)25(27)29/h7-10,14-15,17-18,20-23H,4-6,11-13H2,1-3H3/t15-,17+,18+,20-,21+,22-,23+/m1/s1. The first-order valence-electron chi connectivity index (χ1n) is 12.0. The molecule has 7 atom stereocenters. The number of benzene rings is 1. The van der Waals surface area contributed by atoms with Crippen molar-refractivity contribution in [3.63, 3.8) is 0 Å². The summed E-state index contributed by atoms with van der Waals surface area (Å²) in [6.07, 6.45) is 6.32. The van der Waals surface area contributed by atoms with Gasteiger partial charge in [-0.3, -0.25) is 14.5 Å². The number of rotatable bonds is 4. The summed E-state index contributed by atoms with van der Waals surface area (Å²) in [5.74, 6) is 1.53. The predicted octanol–water partition coefficient (Wildman–Crippen LogP) is 4.84. The van der Waals surface area contributed by atoms with E-state index >= 15 is 0 Å². The molecule has 5 rings (SSSR count). The van der Waals surface area contributed by atoms with Crippen LogP contribution in [0.5, 0.6) is 0 Å². The van der Waals surface area contributed by atoms with E-state index < -0.39 is 0 Å². The molecule has 4 fully saturated rings. The fourth-order valence-electron chi connectivity index (χ4n) is 6.87. The van der Waals surface area contributed by atoms with E-state index in [0.29, 0.717) is 40.8 Å². The van der Waals surface area contributed by atoms with Crippen LogP contribution in [0, 0.1) is 41.4 Å². The predicted molar refractivity (Wildman–Crippen MR) is 117 cm³/mol. The quantitative estimate of drug-likeness (QED) is 0.513. The number of esters is 1. The molecule has 166 valence electrons. The molecule has 0 radical (unpaired) electrons. The first-order chi connectivity index (χ1) is 14.8. The van der Waals surface area contributed by atoms with E-state index in [0.717, 1.165) is 32.1 Å². The van der Waals surface area contributed by atoms with Crippen molar-refractivity contribution in [3.05, 3.63) is 29.8 Å². The molecule has 0 unspecified atom stereocenters. The van der Waals surface area contributed by atoms with Crippen molar-refractivity contribution >= 4 is 23.5 Å². The lowest BCUT2D eigenvalue weighted by Crippen LogP contribution is -2.36. The van der Waals surface area contributed by atoms with Gasteiger partial charge >= 0.3 is 5.97 Å². The Kier molecular flexibility index (Phi) is 5.18. The second kappa shape index (κ2) is 7.75.